The van der Waals surface area contributed by atoms with Gasteiger partial charge in [-0.15, -0.1) is 0 Å². The van der Waals surface area contributed by atoms with E-state index in [1.807, 2.05) is 31.2 Å². The molecule has 24 heavy (non-hydrogen) atoms. The highest BCUT2D eigenvalue weighted by molar-refractivity contribution is 9.11. The molecule has 3 aromatic rings. The van der Waals surface area contributed by atoms with Crippen molar-refractivity contribution in [1.29, 1.82) is 0 Å². The van der Waals surface area contributed by atoms with Crippen molar-refractivity contribution >= 4 is 50.3 Å². The number of benzene rings is 2. The molecule has 0 bridgehead atoms. The Bertz CT molecular complexity index is 994. The van der Waals surface area contributed by atoms with E-state index in [4.69, 9.17) is 12.2 Å². The maximum Gasteiger partial charge on any atom is 0.216 e. The Morgan fingerprint density at radius 1 is 1.29 bits per heavy atom. The minimum Gasteiger partial charge on any atom is -0.506 e. The zero-order chi connectivity index (χ0) is 17.3. The minimum absolute atomic E-state index is 0.106. The van der Waals surface area contributed by atoms with Gasteiger partial charge in [0.2, 0.25) is 4.77 Å². The number of aromatic amines is 1. The summed E-state index contributed by atoms with van der Waals surface area (Å²) in [7, 11) is 0. The summed E-state index contributed by atoms with van der Waals surface area (Å²) < 4.78 is 3.30. The largest absolute Gasteiger partial charge is 0.506 e. The molecular formula is C16H12Br2N4OS. The van der Waals surface area contributed by atoms with Crippen molar-refractivity contribution in [2.24, 2.45) is 5.10 Å². The normalized spacial score (nSPS) is 11.3. The van der Waals surface area contributed by atoms with Crippen LogP contribution in [0.3, 0.4) is 0 Å². The van der Waals surface area contributed by atoms with Crippen molar-refractivity contribution < 1.29 is 5.11 Å². The zero-order valence-electron chi connectivity index (χ0n) is 12.5. The van der Waals surface area contributed by atoms with Gasteiger partial charge in [-0.2, -0.15) is 14.9 Å². The van der Waals surface area contributed by atoms with E-state index in [9.17, 15) is 5.11 Å². The number of nitrogens with one attached hydrogen (secondary N) is 1. The van der Waals surface area contributed by atoms with E-state index < -0.39 is 0 Å². The predicted molar refractivity (Wildman–Crippen MR) is 104 cm³/mol. The Morgan fingerprint density at radius 3 is 2.83 bits per heavy atom. The second kappa shape index (κ2) is 7.00. The van der Waals surface area contributed by atoms with Crippen LogP contribution in [0.25, 0.3) is 11.4 Å². The van der Waals surface area contributed by atoms with E-state index in [-0.39, 0.29) is 5.75 Å². The summed E-state index contributed by atoms with van der Waals surface area (Å²) in [5.41, 5.74) is 2.57. The van der Waals surface area contributed by atoms with Gasteiger partial charge in [-0.05, 0) is 53.3 Å². The van der Waals surface area contributed by atoms with Crippen LogP contribution < -0.4 is 0 Å². The van der Waals surface area contributed by atoms with Gasteiger partial charge in [0.05, 0.1) is 10.7 Å². The number of phenolic OH excluding ortho intramolecular Hbond substituents is 1. The highest BCUT2D eigenvalue weighted by Gasteiger charge is 2.09. The first-order valence-corrected chi connectivity index (χ1v) is 8.92. The average Bonchev–Trinajstić information content (AvgIpc) is 2.90. The third-order valence-corrected chi connectivity index (χ3v) is 4.62. The van der Waals surface area contributed by atoms with Crippen molar-refractivity contribution in [3.8, 4) is 17.1 Å². The van der Waals surface area contributed by atoms with E-state index in [2.05, 4.69) is 47.2 Å². The summed E-state index contributed by atoms with van der Waals surface area (Å²) in [5, 5.41) is 21.5. The first-order chi connectivity index (χ1) is 11.5. The molecule has 0 fully saturated rings. The summed E-state index contributed by atoms with van der Waals surface area (Å²) in [5.74, 6) is 0.711. The molecule has 0 saturated carbocycles. The van der Waals surface area contributed by atoms with E-state index in [0.717, 1.165) is 15.6 Å². The van der Waals surface area contributed by atoms with E-state index in [1.54, 1.807) is 12.1 Å². The number of aromatic hydroxyl groups is 1. The standard InChI is InChI=1S/C16H12Br2N4OS/c1-9-3-2-4-10(5-9)15-20-21-16(24)22(15)19-8-11-6-12(17)7-13(18)14(11)23/h2-8,23H,1H3,(H,21,24)/b19-8-. The van der Waals surface area contributed by atoms with Crippen molar-refractivity contribution in [3.05, 3.63) is 61.2 Å². The van der Waals surface area contributed by atoms with Crippen molar-refractivity contribution in [2.75, 3.05) is 0 Å². The zero-order valence-corrected chi connectivity index (χ0v) is 16.5. The smallest absolute Gasteiger partial charge is 0.216 e. The molecule has 0 unspecified atom stereocenters. The topological polar surface area (TPSA) is 66.2 Å². The van der Waals surface area contributed by atoms with Crippen LogP contribution in [0.4, 0.5) is 0 Å². The lowest BCUT2D eigenvalue weighted by Crippen LogP contribution is -1.96. The molecule has 0 aliphatic rings. The lowest BCUT2D eigenvalue weighted by atomic mass is 10.1. The van der Waals surface area contributed by atoms with Gasteiger partial charge in [-0.3, -0.25) is 0 Å². The van der Waals surface area contributed by atoms with Gasteiger partial charge >= 0.3 is 0 Å². The van der Waals surface area contributed by atoms with Crippen LogP contribution in [-0.4, -0.2) is 26.2 Å². The molecule has 0 atom stereocenters. The number of hydrogen-bond acceptors (Lipinski definition) is 4. The van der Waals surface area contributed by atoms with E-state index in [0.29, 0.717) is 20.6 Å². The maximum atomic E-state index is 10.1. The van der Waals surface area contributed by atoms with Crippen LogP contribution in [0.15, 0.2) is 50.4 Å². The van der Waals surface area contributed by atoms with Crippen LogP contribution in [0.5, 0.6) is 5.75 Å². The Labute approximate surface area is 160 Å². The maximum absolute atomic E-state index is 10.1. The number of aromatic nitrogens is 3. The number of nitrogens with zero attached hydrogens (tertiary/aromatic N) is 3. The number of hydrogen-bond donors (Lipinski definition) is 2. The molecule has 122 valence electrons. The SMILES string of the molecule is Cc1cccc(-c2n[nH]c(=S)n2/N=C\c2cc(Br)cc(Br)c2O)c1. The molecule has 0 aliphatic carbocycles. The van der Waals surface area contributed by atoms with Gasteiger partial charge in [-0.25, -0.2) is 5.10 Å². The third-order valence-electron chi connectivity index (χ3n) is 3.30. The van der Waals surface area contributed by atoms with Crippen LogP contribution in [0.2, 0.25) is 0 Å². The molecule has 2 N–H and O–H groups in total. The molecule has 1 aromatic heterocycles. The van der Waals surface area contributed by atoms with Crippen molar-refractivity contribution in [3.63, 3.8) is 0 Å². The molecule has 0 aliphatic heterocycles. The van der Waals surface area contributed by atoms with Crippen LogP contribution in [-0.2, 0) is 0 Å². The van der Waals surface area contributed by atoms with Crippen molar-refractivity contribution in [2.45, 2.75) is 6.92 Å². The number of aryl methyl sites for hydroxylation is 1. The lowest BCUT2D eigenvalue weighted by molar-refractivity contribution is 0.471. The molecule has 0 saturated heterocycles. The molecule has 1 heterocycles. The molecule has 5 nitrogen and oxygen atoms in total. The Morgan fingerprint density at radius 2 is 2.08 bits per heavy atom. The van der Waals surface area contributed by atoms with Crippen molar-refractivity contribution in [1.82, 2.24) is 14.9 Å². The Balaban J connectivity index is 2.06. The van der Waals surface area contributed by atoms with Gasteiger partial charge in [0.15, 0.2) is 5.82 Å². The molecule has 8 heteroatoms. The first kappa shape index (κ1) is 17.1. The summed E-state index contributed by atoms with van der Waals surface area (Å²) in [6.07, 6.45) is 1.54. The molecular weight excluding hydrogens is 456 g/mol. The second-order valence-electron chi connectivity index (χ2n) is 5.10. The molecule has 0 amide bonds. The summed E-state index contributed by atoms with van der Waals surface area (Å²) >= 11 is 11.9. The first-order valence-electron chi connectivity index (χ1n) is 6.92. The minimum atomic E-state index is 0.106. The molecule has 0 radical (unpaired) electrons. The summed E-state index contributed by atoms with van der Waals surface area (Å²) in [6.45, 7) is 2.01. The molecule has 0 spiro atoms. The Kier molecular flexibility index (Phi) is 4.98. The van der Waals surface area contributed by atoms with Gasteiger partial charge in [-0.1, -0.05) is 39.7 Å². The van der Waals surface area contributed by atoms with Gasteiger partial charge in [0.1, 0.15) is 5.75 Å². The highest BCUT2D eigenvalue weighted by atomic mass is 79.9. The van der Waals surface area contributed by atoms with Crippen LogP contribution >= 0.6 is 44.1 Å². The number of rotatable bonds is 3. The number of phenols is 1. The quantitative estimate of drug-likeness (QED) is 0.419. The highest BCUT2D eigenvalue weighted by Crippen LogP contribution is 2.30. The second-order valence-corrected chi connectivity index (χ2v) is 7.26. The van der Waals surface area contributed by atoms with E-state index in [1.165, 1.54) is 10.9 Å². The average molecular weight is 468 g/mol. The van der Waals surface area contributed by atoms with Crippen LogP contribution in [0.1, 0.15) is 11.1 Å². The monoisotopic (exact) mass is 466 g/mol. The third kappa shape index (κ3) is 3.50. The summed E-state index contributed by atoms with van der Waals surface area (Å²) in [6, 6.07) is 11.4. The van der Waals surface area contributed by atoms with Gasteiger partial charge in [0, 0.05) is 15.6 Å². The van der Waals surface area contributed by atoms with Crippen LogP contribution in [0, 0.1) is 11.7 Å². The predicted octanol–water partition coefficient (Wildman–Crippen LogP) is 5.03. The van der Waals surface area contributed by atoms with E-state index >= 15 is 0 Å². The number of H-pyrrole nitrogens is 1. The van der Waals surface area contributed by atoms with Gasteiger partial charge in [0.25, 0.3) is 0 Å². The lowest BCUT2D eigenvalue weighted by Gasteiger charge is -2.04. The van der Waals surface area contributed by atoms with Gasteiger partial charge < -0.3 is 5.11 Å². The molecule has 3 rings (SSSR count). The fourth-order valence-corrected chi connectivity index (χ4v) is 3.61. The summed E-state index contributed by atoms with van der Waals surface area (Å²) in [4.78, 5) is 0. The Hall–Kier alpha value is -1.77. The number of halogens is 2. The fourth-order valence-electron chi connectivity index (χ4n) is 2.17. The fraction of sp³-hybridized carbons (Fsp3) is 0.0625. The molecule has 2 aromatic carbocycles.